The van der Waals surface area contributed by atoms with Gasteiger partial charge < -0.3 is 10.1 Å². The quantitative estimate of drug-likeness (QED) is 0.939. The summed E-state index contributed by atoms with van der Waals surface area (Å²) < 4.78 is 5.74. The van der Waals surface area contributed by atoms with E-state index in [0.29, 0.717) is 6.54 Å². The van der Waals surface area contributed by atoms with Crippen molar-refractivity contribution in [1.82, 2.24) is 5.32 Å². The molecule has 1 aliphatic carbocycles. The highest BCUT2D eigenvalue weighted by Crippen LogP contribution is 2.32. The molecule has 104 valence electrons. The summed E-state index contributed by atoms with van der Waals surface area (Å²) in [6, 6.07) is 12.1. The van der Waals surface area contributed by atoms with Crippen LogP contribution in [-0.2, 0) is 17.6 Å². The van der Waals surface area contributed by atoms with Crippen LogP contribution in [-0.4, -0.2) is 25.2 Å². The molecule has 1 heterocycles. The fraction of sp³-hybridized carbons (Fsp3) is 0.312. The van der Waals surface area contributed by atoms with Crippen molar-refractivity contribution in [1.29, 1.82) is 0 Å². The summed E-state index contributed by atoms with van der Waals surface area (Å²) in [6.07, 6.45) is 1.70. The van der Waals surface area contributed by atoms with E-state index in [-0.39, 0.29) is 11.5 Å². The lowest BCUT2D eigenvalue weighted by atomic mass is 10.00. The van der Waals surface area contributed by atoms with Crippen LogP contribution in [0.25, 0.3) is 0 Å². The summed E-state index contributed by atoms with van der Waals surface area (Å²) >= 11 is 1.45. The summed E-state index contributed by atoms with van der Waals surface area (Å²) in [7, 11) is 1.73. The molecule has 0 atom stereocenters. The fourth-order valence-corrected chi connectivity index (χ4v) is 3.38. The number of methoxy groups -OCH3 is 1. The third-order valence-corrected chi connectivity index (χ3v) is 4.76. The van der Waals surface area contributed by atoms with E-state index in [1.54, 1.807) is 7.11 Å². The number of fused-ring (bicyclic) bond motifs is 1. The highest BCUT2D eigenvalue weighted by Gasteiger charge is 2.37. The first-order valence-corrected chi connectivity index (χ1v) is 7.54. The van der Waals surface area contributed by atoms with Crippen molar-refractivity contribution in [3.63, 3.8) is 0 Å². The molecule has 0 fully saturated rings. The normalized spacial score (nSPS) is 15.8. The van der Waals surface area contributed by atoms with Crippen LogP contribution in [0.2, 0.25) is 0 Å². The highest BCUT2D eigenvalue weighted by atomic mass is 32.1. The van der Waals surface area contributed by atoms with Gasteiger partial charge >= 0.3 is 0 Å². The van der Waals surface area contributed by atoms with Gasteiger partial charge in [-0.1, -0.05) is 30.3 Å². The van der Waals surface area contributed by atoms with Crippen molar-refractivity contribution in [2.75, 3.05) is 13.7 Å². The van der Waals surface area contributed by atoms with E-state index in [1.165, 1.54) is 22.5 Å². The van der Waals surface area contributed by atoms with Crippen molar-refractivity contribution in [3.8, 4) is 0 Å². The molecule has 0 saturated heterocycles. The number of benzene rings is 1. The molecule has 1 amide bonds. The van der Waals surface area contributed by atoms with Gasteiger partial charge in [0.25, 0.3) is 5.91 Å². The average molecular weight is 287 g/mol. The molecule has 3 rings (SSSR count). The van der Waals surface area contributed by atoms with Gasteiger partial charge in [-0.05, 0) is 22.6 Å². The minimum atomic E-state index is -0.309. The Morgan fingerprint density at radius 3 is 2.50 bits per heavy atom. The predicted octanol–water partition coefficient (Wildman–Crippen LogP) is 2.66. The second-order valence-corrected chi connectivity index (χ2v) is 6.12. The summed E-state index contributed by atoms with van der Waals surface area (Å²) in [5.74, 6) is -0.0209. The molecule has 1 aliphatic rings. The van der Waals surface area contributed by atoms with Crippen molar-refractivity contribution in [3.05, 3.63) is 57.8 Å². The second-order valence-electron chi connectivity index (χ2n) is 5.17. The Hall–Kier alpha value is -1.65. The minimum Gasteiger partial charge on any atom is -0.376 e. The Kier molecular flexibility index (Phi) is 3.59. The van der Waals surface area contributed by atoms with Crippen LogP contribution in [0.1, 0.15) is 20.8 Å². The van der Waals surface area contributed by atoms with Gasteiger partial charge in [0.15, 0.2) is 0 Å². The zero-order chi connectivity index (χ0) is 14.0. The first kappa shape index (κ1) is 13.3. The number of hydrogen-bond acceptors (Lipinski definition) is 3. The summed E-state index contributed by atoms with van der Waals surface area (Å²) in [5.41, 5.74) is 2.33. The average Bonchev–Trinajstić information content (AvgIpc) is 3.12. The molecule has 1 N–H and O–H groups in total. The van der Waals surface area contributed by atoms with E-state index in [2.05, 4.69) is 29.6 Å². The number of nitrogens with one attached hydrogen (secondary N) is 1. The Balaban J connectivity index is 1.69. The molecule has 3 nitrogen and oxygen atoms in total. The first-order valence-electron chi connectivity index (χ1n) is 6.66. The molecular formula is C16H17NO2S. The summed E-state index contributed by atoms with van der Waals surface area (Å²) in [6.45, 7) is 0.537. The van der Waals surface area contributed by atoms with Crippen LogP contribution in [0.4, 0.5) is 0 Å². The van der Waals surface area contributed by atoms with Gasteiger partial charge in [-0.2, -0.15) is 0 Å². The van der Waals surface area contributed by atoms with E-state index in [1.807, 2.05) is 17.5 Å². The molecule has 1 aromatic carbocycles. The van der Waals surface area contributed by atoms with Crippen LogP contribution < -0.4 is 5.32 Å². The lowest BCUT2D eigenvalue weighted by Gasteiger charge is -2.27. The molecule has 0 unspecified atom stereocenters. The maximum absolute atomic E-state index is 12.0. The zero-order valence-corrected chi connectivity index (χ0v) is 12.2. The third-order valence-electron chi connectivity index (χ3n) is 3.89. The number of ether oxygens (including phenoxy) is 1. The summed E-state index contributed by atoms with van der Waals surface area (Å²) in [5, 5.41) is 4.91. The van der Waals surface area contributed by atoms with E-state index in [9.17, 15) is 4.79 Å². The Labute approximate surface area is 122 Å². The van der Waals surface area contributed by atoms with Crippen LogP contribution in [0, 0.1) is 0 Å². The SMILES string of the molecule is COC1(CNC(=O)c2cccs2)Cc2ccccc2C1. The Morgan fingerprint density at radius 1 is 1.25 bits per heavy atom. The van der Waals surface area contributed by atoms with Gasteiger partial charge in [-0.15, -0.1) is 11.3 Å². The number of rotatable bonds is 4. The summed E-state index contributed by atoms with van der Waals surface area (Å²) in [4.78, 5) is 12.8. The van der Waals surface area contributed by atoms with Crippen molar-refractivity contribution in [2.45, 2.75) is 18.4 Å². The second kappa shape index (κ2) is 5.38. The van der Waals surface area contributed by atoms with Gasteiger partial charge in [0.05, 0.1) is 10.5 Å². The van der Waals surface area contributed by atoms with Crippen molar-refractivity contribution < 1.29 is 9.53 Å². The number of carbonyl (C=O) groups excluding carboxylic acids is 1. The lowest BCUT2D eigenvalue weighted by Crippen LogP contribution is -2.45. The van der Waals surface area contributed by atoms with E-state index in [0.717, 1.165) is 17.7 Å². The van der Waals surface area contributed by atoms with Gasteiger partial charge in [0, 0.05) is 26.5 Å². The molecule has 0 bridgehead atoms. The van der Waals surface area contributed by atoms with Crippen LogP contribution in [0.3, 0.4) is 0 Å². The van der Waals surface area contributed by atoms with Crippen molar-refractivity contribution in [2.24, 2.45) is 0 Å². The molecule has 20 heavy (non-hydrogen) atoms. The van der Waals surface area contributed by atoms with Crippen LogP contribution in [0.15, 0.2) is 41.8 Å². The van der Waals surface area contributed by atoms with Gasteiger partial charge in [-0.3, -0.25) is 4.79 Å². The fourth-order valence-electron chi connectivity index (χ4n) is 2.74. The van der Waals surface area contributed by atoms with Crippen molar-refractivity contribution >= 4 is 17.2 Å². The molecule has 4 heteroatoms. The maximum Gasteiger partial charge on any atom is 0.261 e. The number of carbonyl (C=O) groups is 1. The molecule has 2 aromatic rings. The van der Waals surface area contributed by atoms with Gasteiger partial charge in [-0.25, -0.2) is 0 Å². The minimum absolute atomic E-state index is 0.0209. The number of thiophene rings is 1. The molecule has 1 aromatic heterocycles. The van der Waals surface area contributed by atoms with Gasteiger partial charge in [0.1, 0.15) is 0 Å². The van der Waals surface area contributed by atoms with Crippen LogP contribution >= 0.6 is 11.3 Å². The monoisotopic (exact) mass is 287 g/mol. The van der Waals surface area contributed by atoms with Crippen LogP contribution in [0.5, 0.6) is 0 Å². The van der Waals surface area contributed by atoms with Gasteiger partial charge in [0.2, 0.25) is 0 Å². The topological polar surface area (TPSA) is 38.3 Å². The number of hydrogen-bond donors (Lipinski definition) is 1. The van der Waals surface area contributed by atoms with E-state index in [4.69, 9.17) is 4.74 Å². The smallest absolute Gasteiger partial charge is 0.261 e. The molecular weight excluding hydrogens is 270 g/mol. The highest BCUT2D eigenvalue weighted by molar-refractivity contribution is 7.12. The molecule has 0 spiro atoms. The molecule has 0 aliphatic heterocycles. The number of amides is 1. The molecule has 0 radical (unpaired) electrons. The Morgan fingerprint density at radius 2 is 1.95 bits per heavy atom. The standard InChI is InChI=1S/C16H17NO2S/c1-19-16(9-12-5-2-3-6-13(12)10-16)11-17-15(18)14-7-4-8-20-14/h2-8H,9-11H2,1H3,(H,17,18). The lowest BCUT2D eigenvalue weighted by molar-refractivity contribution is 0.000210. The van der Waals surface area contributed by atoms with E-state index < -0.39 is 0 Å². The van der Waals surface area contributed by atoms with E-state index >= 15 is 0 Å². The maximum atomic E-state index is 12.0. The first-order chi connectivity index (χ1) is 9.72. The zero-order valence-electron chi connectivity index (χ0n) is 11.4. The molecule has 0 saturated carbocycles. The predicted molar refractivity (Wildman–Crippen MR) is 80.2 cm³/mol. The Bertz CT molecular complexity index is 582. The largest absolute Gasteiger partial charge is 0.376 e. The third kappa shape index (κ3) is 2.49.